The van der Waals surface area contributed by atoms with Gasteiger partial charge in [0.15, 0.2) is 0 Å². The van der Waals surface area contributed by atoms with Gasteiger partial charge in [-0.15, -0.1) is 34.0 Å². The first-order valence-corrected chi connectivity index (χ1v) is 0. The minimum absolute atomic E-state index is 0. The Morgan fingerprint density at radius 3 is 0.750 bits per heavy atom. The Bertz CT molecular complexity index is 6.00. The summed E-state index contributed by atoms with van der Waals surface area (Å²) in [6, 6.07) is 0. The number of hydrogen-bond acceptors (Lipinski definition) is 0. The van der Waals surface area contributed by atoms with Gasteiger partial charge in [0, 0.05) is 0 Å². The molecule has 0 rings (SSSR count). The Labute approximate surface area is 75.0 Å². The third-order valence-corrected chi connectivity index (χ3v) is 0. The Morgan fingerprint density at radius 1 is 0.750 bits per heavy atom. The van der Waals surface area contributed by atoms with Gasteiger partial charge in [-0.05, 0) is 0 Å². The fourth-order valence-corrected chi connectivity index (χ4v) is 0. The summed E-state index contributed by atoms with van der Waals surface area (Å²) in [5.74, 6) is 0. The molecule has 0 atom stereocenters. The van der Waals surface area contributed by atoms with Gasteiger partial charge in [-0.3, -0.25) is 0 Å². The van der Waals surface area contributed by atoms with Crippen LogP contribution in [0.2, 0.25) is 0 Å². The first-order valence-electron chi connectivity index (χ1n) is 0. The molecular weight excluding hydrogens is 218 g/mol. The van der Waals surface area contributed by atoms with Crippen molar-refractivity contribution in [3.63, 3.8) is 0 Å². The fourth-order valence-electron chi connectivity index (χ4n) is 0. The maximum absolute atomic E-state index is 0. The molecule has 0 radical (unpaired) electrons. The van der Waals surface area contributed by atoms with Crippen LogP contribution in [0.4, 0.5) is 0 Å². The second-order valence-corrected chi connectivity index (χ2v) is 0. The minimum Gasteiger partial charge on any atom is -1.00 e. The molecule has 0 aromatic rings. The van der Waals surface area contributed by atoms with E-state index in [1.165, 1.54) is 0 Å². The van der Waals surface area contributed by atoms with E-state index in [4.69, 9.17) is 0 Å². The SMILES string of the molecule is Br.Br.[Cl-].[Na+]. The molecular formula is H2Br2ClNa. The average Bonchev–Trinajstić information content (AvgIpc) is 0. The van der Waals surface area contributed by atoms with E-state index in [-0.39, 0.29) is 75.9 Å². The second-order valence-electron chi connectivity index (χ2n) is 0. The van der Waals surface area contributed by atoms with Crippen molar-refractivity contribution in [3.8, 4) is 0 Å². The maximum Gasteiger partial charge on any atom is 1.00 e. The quantitative estimate of drug-likeness (QED) is 0.359. The predicted molar refractivity (Wildman–Crippen MR) is 20.6 cm³/mol. The first-order chi connectivity index (χ1) is 0. The van der Waals surface area contributed by atoms with Crippen LogP contribution in [0, 0.1) is 0 Å². The molecule has 0 N–H and O–H groups in total. The van der Waals surface area contributed by atoms with Crippen molar-refractivity contribution in [2.75, 3.05) is 0 Å². The van der Waals surface area contributed by atoms with Gasteiger partial charge < -0.3 is 12.4 Å². The molecule has 0 spiro atoms. The van der Waals surface area contributed by atoms with Gasteiger partial charge in [0.05, 0.1) is 0 Å². The largest absolute Gasteiger partial charge is 1.00 e. The number of rotatable bonds is 0. The van der Waals surface area contributed by atoms with Crippen LogP contribution in [0.25, 0.3) is 0 Å². The van der Waals surface area contributed by atoms with Crippen LogP contribution >= 0.6 is 34.0 Å². The molecule has 0 aliphatic carbocycles. The van der Waals surface area contributed by atoms with E-state index in [1.54, 1.807) is 0 Å². The van der Waals surface area contributed by atoms with Crippen molar-refractivity contribution in [1.82, 2.24) is 0 Å². The van der Waals surface area contributed by atoms with Gasteiger partial charge in [-0.25, -0.2) is 0 Å². The van der Waals surface area contributed by atoms with E-state index in [0.717, 1.165) is 0 Å². The van der Waals surface area contributed by atoms with Crippen molar-refractivity contribution in [2.45, 2.75) is 0 Å². The maximum atomic E-state index is 0. The summed E-state index contributed by atoms with van der Waals surface area (Å²) >= 11 is 0. The van der Waals surface area contributed by atoms with Gasteiger partial charge in [0.2, 0.25) is 0 Å². The van der Waals surface area contributed by atoms with Crippen LogP contribution in [0.3, 0.4) is 0 Å². The molecule has 0 bridgehead atoms. The molecule has 24 valence electrons. The van der Waals surface area contributed by atoms with Crippen LogP contribution in [-0.4, -0.2) is 0 Å². The number of hydrogen-bond donors (Lipinski definition) is 0. The van der Waals surface area contributed by atoms with Gasteiger partial charge in [0.1, 0.15) is 0 Å². The van der Waals surface area contributed by atoms with E-state index in [9.17, 15) is 0 Å². The summed E-state index contributed by atoms with van der Waals surface area (Å²) in [6.45, 7) is 0. The summed E-state index contributed by atoms with van der Waals surface area (Å²) in [5.41, 5.74) is 0. The molecule has 0 amide bonds. The monoisotopic (exact) mass is 218 g/mol. The summed E-state index contributed by atoms with van der Waals surface area (Å²) in [5, 5.41) is 0. The molecule has 0 saturated heterocycles. The smallest absolute Gasteiger partial charge is 1.00 e. The standard InChI is InChI=1S/2BrH.ClH.Na/h3*1H;/q;;;+1/p-1. The molecule has 0 nitrogen and oxygen atoms in total. The minimum atomic E-state index is 0. The third kappa shape index (κ3) is 8.87. The van der Waals surface area contributed by atoms with Crippen LogP contribution in [-0.2, 0) is 0 Å². The summed E-state index contributed by atoms with van der Waals surface area (Å²) in [6.07, 6.45) is 0. The Balaban J connectivity index is 0. The summed E-state index contributed by atoms with van der Waals surface area (Å²) in [4.78, 5) is 0. The number of halogens is 3. The molecule has 4 heteroatoms. The van der Waals surface area contributed by atoms with Crippen LogP contribution in [0.5, 0.6) is 0 Å². The van der Waals surface area contributed by atoms with Gasteiger partial charge in [0.25, 0.3) is 0 Å². The topological polar surface area (TPSA) is 0 Å². The molecule has 0 aliphatic rings. The molecule has 4 heavy (non-hydrogen) atoms. The fraction of sp³-hybridized carbons (Fsp3) is 0. The molecule has 0 unspecified atom stereocenters. The van der Waals surface area contributed by atoms with Crippen molar-refractivity contribution in [1.29, 1.82) is 0 Å². The Morgan fingerprint density at radius 2 is 0.750 bits per heavy atom. The summed E-state index contributed by atoms with van der Waals surface area (Å²) in [7, 11) is 0. The zero-order chi connectivity index (χ0) is 0. The predicted octanol–water partition coefficient (Wildman–Crippen LogP) is -4.84. The molecule has 0 aromatic carbocycles. The van der Waals surface area contributed by atoms with E-state index in [1.807, 2.05) is 0 Å². The van der Waals surface area contributed by atoms with Crippen LogP contribution in [0.1, 0.15) is 0 Å². The van der Waals surface area contributed by atoms with E-state index < -0.39 is 0 Å². The van der Waals surface area contributed by atoms with E-state index >= 15 is 0 Å². The Hall–Kier alpha value is 2.25. The first kappa shape index (κ1) is 34.0. The van der Waals surface area contributed by atoms with Gasteiger partial charge in [-0.2, -0.15) is 0 Å². The molecule has 0 aliphatic heterocycles. The average molecular weight is 220 g/mol. The second kappa shape index (κ2) is 18.7. The molecule has 0 heterocycles. The van der Waals surface area contributed by atoms with Gasteiger partial charge in [-0.1, -0.05) is 0 Å². The molecule has 0 saturated carbocycles. The van der Waals surface area contributed by atoms with Gasteiger partial charge >= 0.3 is 29.6 Å². The van der Waals surface area contributed by atoms with Crippen LogP contribution < -0.4 is 42.0 Å². The zero-order valence-electron chi connectivity index (χ0n) is 2.19. The van der Waals surface area contributed by atoms with Crippen LogP contribution in [0.15, 0.2) is 0 Å². The van der Waals surface area contributed by atoms with E-state index in [2.05, 4.69) is 0 Å². The Kier molecular flexibility index (Phi) is 159. The molecule has 0 fully saturated rings. The zero-order valence-corrected chi connectivity index (χ0v) is 8.38. The van der Waals surface area contributed by atoms with Crippen molar-refractivity contribution in [2.24, 2.45) is 0 Å². The van der Waals surface area contributed by atoms with Crippen molar-refractivity contribution in [3.05, 3.63) is 0 Å². The van der Waals surface area contributed by atoms with Crippen molar-refractivity contribution >= 4 is 34.0 Å². The summed E-state index contributed by atoms with van der Waals surface area (Å²) < 4.78 is 0. The van der Waals surface area contributed by atoms with Crippen molar-refractivity contribution < 1.29 is 42.0 Å². The van der Waals surface area contributed by atoms with E-state index in [0.29, 0.717) is 0 Å². The normalized spacial score (nSPS) is 0. The molecule has 0 aromatic heterocycles. The third-order valence-electron chi connectivity index (χ3n) is 0.